The number of benzene rings is 1. The molecule has 0 N–H and O–H groups in total. The van der Waals surface area contributed by atoms with Gasteiger partial charge in [0.05, 0.1) is 11.6 Å². The summed E-state index contributed by atoms with van der Waals surface area (Å²) in [6.07, 6.45) is 3.07. The van der Waals surface area contributed by atoms with Gasteiger partial charge in [-0.05, 0) is 57.4 Å². The maximum atomic E-state index is 12.2. The van der Waals surface area contributed by atoms with Gasteiger partial charge in [0.1, 0.15) is 5.75 Å². The van der Waals surface area contributed by atoms with E-state index in [-0.39, 0.29) is 31.2 Å². The van der Waals surface area contributed by atoms with Crippen molar-refractivity contribution in [3.63, 3.8) is 0 Å². The van der Waals surface area contributed by atoms with Gasteiger partial charge in [-0.3, -0.25) is 4.79 Å². The number of likely N-dealkylation sites (tertiary alicyclic amines) is 1. The summed E-state index contributed by atoms with van der Waals surface area (Å²) < 4.78 is 10.3. The summed E-state index contributed by atoms with van der Waals surface area (Å²) in [6.45, 7) is 3.50. The Labute approximate surface area is 142 Å². The molecule has 1 aliphatic heterocycles. The van der Waals surface area contributed by atoms with E-state index in [1.807, 2.05) is 19.9 Å². The number of esters is 1. The normalized spacial score (nSPS) is 20.1. The average molecular weight is 330 g/mol. The lowest BCUT2D eigenvalue weighted by Gasteiger charge is -2.38. The van der Waals surface area contributed by atoms with Crippen LogP contribution in [0.5, 0.6) is 5.75 Å². The van der Waals surface area contributed by atoms with Crippen LogP contribution in [0.25, 0.3) is 0 Å². The van der Waals surface area contributed by atoms with Crippen LogP contribution in [0.3, 0.4) is 0 Å². The van der Waals surface area contributed by atoms with Crippen LogP contribution in [0.1, 0.15) is 38.7 Å². The number of carbonyl (C=O) groups is 2. The minimum atomic E-state index is -0.593. The monoisotopic (exact) mass is 330 g/mol. The third kappa shape index (κ3) is 4.72. The second-order valence-corrected chi connectivity index (χ2v) is 6.02. The lowest BCUT2D eigenvalue weighted by atomic mass is 9.97. The van der Waals surface area contributed by atoms with Crippen molar-refractivity contribution in [2.45, 2.75) is 45.2 Å². The van der Waals surface area contributed by atoms with E-state index in [0.29, 0.717) is 11.3 Å². The predicted molar refractivity (Wildman–Crippen MR) is 87.2 cm³/mol. The Hall–Kier alpha value is -2.55. The number of nitrogens with zero attached hydrogens (tertiary/aromatic N) is 2. The number of hydrogen-bond acceptors (Lipinski definition) is 5. The van der Waals surface area contributed by atoms with Crippen molar-refractivity contribution < 1.29 is 19.1 Å². The molecule has 1 fully saturated rings. The molecule has 6 heteroatoms. The Morgan fingerprint density at radius 2 is 1.79 bits per heavy atom. The number of ether oxygens (including phenoxy) is 2. The minimum absolute atomic E-state index is 0.165. The van der Waals surface area contributed by atoms with E-state index in [9.17, 15) is 9.59 Å². The van der Waals surface area contributed by atoms with Gasteiger partial charge >= 0.3 is 5.97 Å². The SMILES string of the molecule is CC1CCCC(C)N1C(=O)COC(=O)COc1ccc(C#N)cc1. The van der Waals surface area contributed by atoms with Crippen molar-refractivity contribution >= 4 is 11.9 Å². The van der Waals surface area contributed by atoms with Crippen LogP contribution in [0.4, 0.5) is 0 Å². The molecule has 0 spiro atoms. The maximum Gasteiger partial charge on any atom is 0.344 e. The molecule has 1 heterocycles. The highest BCUT2D eigenvalue weighted by Crippen LogP contribution is 2.22. The maximum absolute atomic E-state index is 12.2. The van der Waals surface area contributed by atoms with Gasteiger partial charge in [-0.25, -0.2) is 4.79 Å². The molecule has 6 nitrogen and oxygen atoms in total. The molecule has 0 saturated carbocycles. The molecule has 1 aromatic carbocycles. The van der Waals surface area contributed by atoms with Crippen molar-refractivity contribution in [3.8, 4) is 11.8 Å². The first-order valence-corrected chi connectivity index (χ1v) is 8.11. The molecule has 1 saturated heterocycles. The van der Waals surface area contributed by atoms with Crippen molar-refractivity contribution in [1.82, 2.24) is 4.90 Å². The molecule has 2 rings (SSSR count). The summed E-state index contributed by atoms with van der Waals surface area (Å²) in [5, 5.41) is 8.71. The zero-order chi connectivity index (χ0) is 17.5. The lowest BCUT2D eigenvalue weighted by Crippen LogP contribution is -2.49. The van der Waals surface area contributed by atoms with E-state index < -0.39 is 5.97 Å². The van der Waals surface area contributed by atoms with Crippen molar-refractivity contribution in [2.75, 3.05) is 13.2 Å². The molecule has 0 aliphatic carbocycles. The highest BCUT2D eigenvalue weighted by atomic mass is 16.6. The summed E-state index contributed by atoms with van der Waals surface area (Å²) in [5.74, 6) is -0.290. The fourth-order valence-corrected chi connectivity index (χ4v) is 2.94. The number of piperidine rings is 1. The molecule has 24 heavy (non-hydrogen) atoms. The molecule has 0 radical (unpaired) electrons. The Morgan fingerprint density at radius 3 is 2.38 bits per heavy atom. The number of amides is 1. The highest BCUT2D eigenvalue weighted by Gasteiger charge is 2.29. The molecule has 0 bridgehead atoms. The molecule has 1 amide bonds. The molecule has 2 atom stereocenters. The Balaban J connectivity index is 1.76. The van der Waals surface area contributed by atoms with Crippen molar-refractivity contribution in [3.05, 3.63) is 29.8 Å². The summed E-state index contributed by atoms with van der Waals surface area (Å²) in [5.41, 5.74) is 0.514. The van der Waals surface area contributed by atoms with Crippen LogP contribution in [0, 0.1) is 11.3 Å². The van der Waals surface area contributed by atoms with E-state index in [1.54, 1.807) is 29.2 Å². The molecule has 2 unspecified atom stereocenters. The lowest BCUT2D eigenvalue weighted by molar-refractivity contribution is -0.156. The van der Waals surface area contributed by atoms with Gasteiger partial charge in [0.25, 0.3) is 5.91 Å². The van der Waals surface area contributed by atoms with Gasteiger partial charge in [-0.1, -0.05) is 0 Å². The molecule has 1 aliphatic rings. The summed E-state index contributed by atoms with van der Waals surface area (Å²) >= 11 is 0. The standard InChI is InChI=1S/C18H22N2O4/c1-13-4-3-5-14(2)20(13)17(21)11-24-18(22)12-23-16-8-6-15(10-19)7-9-16/h6-9,13-14H,3-5,11-12H2,1-2H3. The van der Waals surface area contributed by atoms with E-state index in [1.165, 1.54) is 0 Å². The zero-order valence-corrected chi connectivity index (χ0v) is 14.0. The van der Waals surface area contributed by atoms with Gasteiger partial charge in [0.15, 0.2) is 13.2 Å². The van der Waals surface area contributed by atoms with Crippen LogP contribution in [0.2, 0.25) is 0 Å². The molecule has 1 aromatic rings. The quantitative estimate of drug-likeness (QED) is 0.774. The topological polar surface area (TPSA) is 79.6 Å². The number of carbonyl (C=O) groups excluding carboxylic acids is 2. The number of rotatable bonds is 5. The third-order valence-electron chi connectivity index (χ3n) is 4.18. The molecular weight excluding hydrogens is 308 g/mol. The van der Waals surface area contributed by atoms with Crippen LogP contribution in [-0.2, 0) is 14.3 Å². The summed E-state index contributed by atoms with van der Waals surface area (Å²) in [7, 11) is 0. The average Bonchev–Trinajstić information content (AvgIpc) is 2.58. The number of hydrogen-bond donors (Lipinski definition) is 0. The summed E-state index contributed by atoms with van der Waals surface area (Å²) in [6, 6.07) is 8.76. The fraction of sp³-hybridized carbons (Fsp3) is 0.500. The zero-order valence-electron chi connectivity index (χ0n) is 14.0. The van der Waals surface area contributed by atoms with E-state index in [4.69, 9.17) is 14.7 Å². The fourth-order valence-electron chi connectivity index (χ4n) is 2.94. The van der Waals surface area contributed by atoms with Crippen LogP contribution in [-0.4, -0.2) is 42.1 Å². The Morgan fingerprint density at radius 1 is 1.17 bits per heavy atom. The predicted octanol–water partition coefficient (Wildman–Crippen LogP) is 2.27. The highest BCUT2D eigenvalue weighted by molar-refractivity contribution is 5.81. The second kappa shape index (κ2) is 8.34. The largest absolute Gasteiger partial charge is 0.482 e. The van der Waals surface area contributed by atoms with Gasteiger partial charge in [-0.2, -0.15) is 5.26 Å². The van der Waals surface area contributed by atoms with Gasteiger partial charge in [0.2, 0.25) is 0 Å². The smallest absolute Gasteiger partial charge is 0.344 e. The van der Waals surface area contributed by atoms with Crippen LogP contribution in [0.15, 0.2) is 24.3 Å². The van der Waals surface area contributed by atoms with Gasteiger partial charge in [-0.15, -0.1) is 0 Å². The van der Waals surface area contributed by atoms with Crippen LogP contribution >= 0.6 is 0 Å². The first-order valence-electron chi connectivity index (χ1n) is 8.11. The second-order valence-electron chi connectivity index (χ2n) is 6.02. The van der Waals surface area contributed by atoms with Gasteiger partial charge < -0.3 is 14.4 Å². The van der Waals surface area contributed by atoms with Gasteiger partial charge in [0, 0.05) is 12.1 Å². The first kappa shape index (κ1) is 17.8. The van der Waals surface area contributed by atoms with Crippen molar-refractivity contribution in [1.29, 1.82) is 5.26 Å². The third-order valence-corrected chi connectivity index (χ3v) is 4.18. The molecular formula is C18H22N2O4. The minimum Gasteiger partial charge on any atom is -0.482 e. The van der Waals surface area contributed by atoms with E-state index in [0.717, 1.165) is 19.3 Å². The number of nitriles is 1. The van der Waals surface area contributed by atoms with E-state index in [2.05, 4.69) is 0 Å². The van der Waals surface area contributed by atoms with Crippen LogP contribution < -0.4 is 4.74 Å². The Kier molecular flexibility index (Phi) is 6.19. The van der Waals surface area contributed by atoms with Crippen molar-refractivity contribution in [2.24, 2.45) is 0 Å². The molecule has 128 valence electrons. The van der Waals surface area contributed by atoms with E-state index >= 15 is 0 Å². The summed E-state index contributed by atoms with van der Waals surface area (Å²) in [4.78, 5) is 25.8. The molecule has 0 aromatic heterocycles. The Bertz CT molecular complexity index is 611. The first-order chi connectivity index (χ1) is 11.5.